The van der Waals surface area contributed by atoms with Crippen LogP contribution in [0.3, 0.4) is 0 Å². The van der Waals surface area contributed by atoms with Crippen LogP contribution in [-0.4, -0.2) is 25.3 Å². The SMILES string of the molecule is Cc1ccc(C=NNc2nc3c(c(=O)[nH]c(=O)n3C)n2Cc2ccccc2Cl)cc1. The topological polar surface area (TPSA) is 97.1 Å². The third kappa shape index (κ3) is 3.77. The van der Waals surface area contributed by atoms with Crippen LogP contribution in [0.4, 0.5) is 5.95 Å². The number of anilines is 1. The monoisotopic (exact) mass is 422 g/mol. The molecule has 0 unspecified atom stereocenters. The Morgan fingerprint density at radius 3 is 2.63 bits per heavy atom. The first-order valence-electron chi connectivity index (χ1n) is 9.23. The number of aromatic amines is 1. The number of H-pyrrole nitrogens is 1. The van der Waals surface area contributed by atoms with Gasteiger partial charge >= 0.3 is 5.69 Å². The maximum atomic E-state index is 12.6. The number of aryl methyl sites for hydroxylation is 2. The van der Waals surface area contributed by atoms with Gasteiger partial charge in [-0.3, -0.25) is 18.9 Å². The number of hydrogen-bond donors (Lipinski definition) is 2. The van der Waals surface area contributed by atoms with E-state index >= 15 is 0 Å². The molecule has 0 spiro atoms. The summed E-state index contributed by atoms with van der Waals surface area (Å²) in [5.41, 5.74) is 5.20. The number of halogens is 1. The van der Waals surface area contributed by atoms with Crippen LogP contribution in [0, 0.1) is 6.92 Å². The van der Waals surface area contributed by atoms with E-state index in [1.165, 1.54) is 4.57 Å². The lowest BCUT2D eigenvalue weighted by Crippen LogP contribution is -2.29. The van der Waals surface area contributed by atoms with Gasteiger partial charge in [-0.05, 0) is 24.1 Å². The third-order valence-corrected chi connectivity index (χ3v) is 5.12. The van der Waals surface area contributed by atoms with E-state index in [1.807, 2.05) is 49.4 Å². The molecule has 0 amide bonds. The molecule has 2 heterocycles. The van der Waals surface area contributed by atoms with Gasteiger partial charge in [0.1, 0.15) is 0 Å². The number of fused-ring (bicyclic) bond motifs is 1. The highest BCUT2D eigenvalue weighted by atomic mass is 35.5. The second kappa shape index (κ2) is 8.00. The smallest absolute Gasteiger partial charge is 0.298 e. The second-order valence-corrected chi connectivity index (χ2v) is 7.29. The molecule has 9 heteroatoms. The predicted octanol–water partition coefficient (Wildman–Crippen LogP) is 2.88. The number of aromatic nitrogens is 4. The van der Waals surface area contributed by atoms with Gasteiger partial charge in [-0.2, -0.15) is 10.1 Å². The van der Waals surface area contributed by atoms with Gasteiger partial charge in [0.25, 0.3) is 5.56 Å². The number of hydrogen-bond acceptors (Lipinski definition) is 5. The zero-order valence-corrected chi connectivity index (χ0v) is 17.1. The fourth-order valence-electron chi connectivity index (χ4n) is 3.09. The largest absolute Gasteiger partial charge is 0.329 e. The highest BCUT2D eigenvalue weighted by Crippen LogP contribution is 2.21. The number of nitrogens with zero attached hydrogens (tertiary/aromatic N) is 4. The molecular weight excluding hydrogens is 404 g/mol. The lowest BCUT2D eigenvalue weighted by molar-refractivity contribution is 0.808. The van der Waals surface area contributed by atoms with Crippen LogP contribution in [0.2, 0.25) is 5.02 Å². The highest BCUT2D eigenvalue weighted by molar-refractivity contribution is 6.31. The summed E-state index contributed by atoms with van der Waals surface area (Å²) in [7, 11) is 1.55. The summed E-state index contributed by atoms with van der Waals surface area (Å²) in [4.78, 5) is 31.3. The molecule has 0 atom stereocenters. The van der Waals surface area contributed by atoms with E-state index in [2.05, 4.69) is 20.5 Å². The third-order valence-electron chi connectivity index (χ3n) is 4.75. The van der Waals surface area contributed by atoms with Crippen molar-refractivity contribution in [1.29, 1.82) is 0 Å². The van der Waals surface area contributed by atoms with Gasteiger partial charge in [0.15, 0.2) is 11.2 Å². The van der Waals surface area contributed by atoms with Crippen LogP contribution < -0.4 is 16.7 Å². The molecule has 0 saturated heterocycles. The Morgan fingerprint density at radius 1 is 1.17 bits per heavy atom. The van der Waals surface area contributed by atoms with Crippen LogP contribution in [0.25, 0.3) is 11.2 Å². The van der Waals surface area contributed by atoms with Crippen molar-refractivity contribution < 1.29 is 0 Å². The fraction of sp³-hybridized carbons (Fsp3) is 0.143. The Morgan fingerprint density at radius 2 is 1.90 bits per heavy atom. The van der Waals surface area contributed by atoms with E-state index in [-0.39, 0.29) is 17.7 Å². The fourth-order valence-corrected chi connectivity index (χ4v) is 3.28. The summed E-state index contributed by atoms with van der Waals surface area (Å²) in [6, 6.07) is 15.2. The number of nitrogens with one attached hydrogen (secondary N) is 2. The first-order valence-corrected chi connectivity index (χ1v) is 9.60. The van der Waals surface area contributed by atoms with Gasteiger partial charge in [0.2, 0.25) is 5.95 Å². The molecule has 30 heavy (non-hydrogen) atoms. The quantitative estimate of drug-likeness (QED) is 0.381. The Labute approximate surface area is 176 Å². The predicted molar refractivity (Wildman–Crippen MR) is 119 cm³/mol. The summed E-state index contributed by atoms with van der Waals surface area (Å²) in [6.07, 6.45) is 1.65. The molecule has 0 fully saturated rings. The van der Waals surface area contributed by atoms with Crippen molar-refractivity contribution in [3.05, 3.63) is 91.1 Å². The average molecular weight is 423 g/mol. The van der Waals surface area contributed by atoms with Crippen LogP contribution >= 0.6 is 11.6 Å². The second-order valence-electron chi connectivity index (χ2n) is 6.88. The van der Waals surface area contributed by atoms with Gasteiger partial charge < -0.3 is 0 Å². The molecule has 0 aliphatic heterocycles. The van der Waals surface area contributed by atoms with Gasteiger partial charge in [-0.1, -0.05) is 59.6 Å². The van der Waals surface area contributed by atoms with Crippen LogP contribution in [0.1, 0.15) is 16.7 Å². The van der Waals surface area contributed by atoms with E-state index in [4.69, 9.17) is 11.6 Å². The van der Waals surface area contributed by atoms with Crippen LogP contribution in [0.15, 0.2) is 63.2 Å². The van der Waals surface area contributed by atoms with E-state index < -0.39 is 11.2 Å². The number of imidazole rings is 1. The molecule has 2 aromatic heterocycles. The van der Waals surface area contributed by atoms with Crippen molar-refractivity contribution in [3.63, 3.8) is 0 Å². The lowest BCUT2D eigenvalue weighted by Gasteiger charge is -2.09. The zero-order valence-electron chi connectivity index (χ0n) is 16.4. The minimum absolute atomic E-state index is 0.254. The summed E-state index contributed by atoms with van der Waals surface area (Å²) in [5, 5.41) is 4.82. The standard InChI is InChI=1S/C21H19ClN6O2/c1-13-7-9-14(10-8-13)11-23-26-20-24-18-17(19(29)25-21(30)27(18)2)28(20)12-15-5-3-4-6-16(15)22/h3-11H,12H2,1-2H3,(H,24,26)(H,25,29,30). The van der Waals surface area contributed by atoms with Crippen LogP contribution in [0.5, 0.6) is 0 Å². The molecule has 2 N–H and O–H groups in total. The first kappa shape index (κ1) is 19.7. The molecule has 0 bridgehead atoms. The van der Waals surface area contributed by atoms with E-state index in [9.17, 15) is 9.59 Å². The van der Waals surface area contributed by atoms with Crippen molar-refractivity contribution in [3.8, 4) is 0 Å². The molecule has 0 saturated carbocycles. The van der Waals surface area contributed by atoms with E-state index in [1.54, 1.807) is 23.9 Å². The molecular formula is C21H19ClN6O2. The molecule has 4 rings (SSSR count). The molecule has 0 radical (unpaired) electrons. The Bertz CT molecular complexity index is 1370. The summed E-state index contributed by atoms with van der Waals surface area (Å²) >= 11 is 6.31. The van der Waals surface area contributed by atoms with Gasteiger partial charge in [0.05, 0.1) is 12.8 Å². The number of hydrazone groups is 1. The van der Waals surface area contributed by atoms with E-state index in [0.717, 1.165) is 16.7 Å². The van der Waals surface area contributed by atoms with Gasteiger partial charge in [-0.25, -0.2) is 10.2 Å². The Balaban J connectivity index is 1.79. The highest BCUT2D eigenvalue weighted by Gasteiger charge is 2.18. The van der Waals surface area contributed by atoms with Crippen molar-refractivity contribution in [1.82, 2.24) is 19.1 Å². The molecule has 0 aliphatic rings. The summed E-state index contributed by atoms with van der Waals surface area (Å²) < 4.78 is 2.94. The molecule has 4 aromatic rings. The minimum Gasteiger partial charge on any atom is -0.298 e. The molecule has 152 valence electrons. The van der Waals surface area contributed by atoms with Gasteiger partial charge in [0, 0.05) is 12.1 Å². The van der Waals surface area contributed by atoms with Crippen molar-refractivity contribution in [2.45, 2.75) is 13.5 Å². The normalized spacial score (nSPS) is 11.4. The Kier molecular flexibility index (Phi) is 5.24. The maximum Gasteiger partial charge on any atom is 0.329 e. The number of rotatable bonds is 5. The van der Waals surface area contributed by atoms with Crippen molar-refractivity contribution >= 4 is 34.9 Å². The molecule has 2 aromatic carbocycles. The van der Waals surface area contributed by atoms with Crippen molar-refractivity contribution in [2.75, 3.05) is 5.43 Å². The molecule has 8 nitrogen and oxygen atoms in total. The lowest BCUT2D eigenvalue weighted by atomic mass is 10.2. The van der Waals surface area contributed by atoms with Crippen LogP contribution in [-0.2, 0) is 13.6 Å². The minimum atomic E-state index is -0.537. The maximum absolute atomic E-state index is 12.6. The Hall–Kier alpha value is -3.65. The number of benzene rings is 2. The molecule has 0 aliphatic carbocycles. The average Bonchev–Trinajstić information content (AvgIpc) is 3.08. The first-order chi connectivity index (χ1) is 14.4. The van der Waals surface area contributed by atoms with Crippen molar-refractivity contribution in [2.24, 2.45) is 12.1 Å². The summed E-state index contributed by atoms with van der Waals surface area (Å²) in [5.74, 6) is 0.319. The van der Waals surface area contributed by atoms with Gasteiger partial charge in [-0.15, -0.1) is 0 Å². The van der Waals surface area contributed by atoms with E-state index in [0.29, 0.717) is 11.0 Å². The zero-order chi connectivity index (χ0) is 21.3. The summed E-state index contributed by atoms with van der Waals surface area (Å²) in [6.45, 7) is 2.29.